The number of fused-ring (bicyclic) bond motifs is 1. The van der Waals surface area contributed by atoms with Gasteiger partial charge < -0.3 is 19.9 Å². The van der Waals surface area contributed by atoms with Crippen molar-refractivity contribution in [2.75, 3.05) is 48.5 Å². The van der Waals surface area contributed by atoms with Crippen molar-refractivity contribution in [3.8, 4) is 0 Å². The minimum Gasteiger partial charge on any atom is -0.378 e. The van der Waals surface area contributed by atoms with Crippen LogP contribution in [0.3, 0.4) is 0 Å². The van der Waals surface area contributed by atoms with E-state index in [9.17, 15) is 9.59 Å². The second-order valence-corrected chi connectivity index (χ2v) is 8.55. The van der Waals surface area contributed by atoms with E-state index in [0.717, 1.165) is 35.4 Å². The summed E-state index contributed by atoms with van der Waals surface area (Å²) in [6, 6.07) is 14.8. The number of nitrogens with zero attached hydrogens (tertiary/aromatic N) is 3. The molecule has 0 atom stereocenters. The minimum absolute atomic E-state index is 0.0922. The molecule has 1 aromatic heterocycles. The molecule has 0 unspecified atom stereocenters. The topological polar surface area (TPSA) is 74.8 Å². The first-order valence-corrected chi connectivity index (χ1v) is 11.3. The number of rotatable bonds is 6. The van der Waals surface area contributed by atoms with Crippen molar-refractivity contribution in [2.24, 2.45) is 0 Å². The van der Waals surface area contributed by atoms with Crippen LogP contribution < -0.4 is 15.1 Å². The van der Waals surface area contributed by atoms with Gasteiger partial charge in [0.2, 0.25) is 11.8 Å². The smallest absolute Gasteiger partial charge is 0.227 e. The highest BCUT2D eigenvalue weighted by Crippen LogP contribution is 2.26. The maximum atomic E-state index is 12.5. The molecule has 3 aromatic rings. The summed E-state index contributed by atoms with van der Waals surface area (Å²) in [6.45, 7) is 5.13. The number of halogens is 1. The van der Waals surface area contributed by atoms with Crippen molar-refractivity contribution in [2.45, 2.75) is 19.8 Å². The fourth-order valence-corrected chi connectivity index (χ4v) is 4.03. The van der Waals surface area contributed by atoms with Gasteiger partial charge in [-0.25, -0.2) is 4.98 Å². The first-order chi connectivity index (χ1) is 15.9. The van der Waals surface area contributed by atoms with E-state index in [1.165, 1.54) is 4.90 Å². The fourth-order valence-electron chi connectivity index (χ4n) is 3.85. The van der Waals surface area contributed by atoms with E-state index in [-0.39, 0.29) is 24.7 Å². The lowest BCUT2D eigenvalue weighted by molar-refractivity contribution is -0.122. The van der Waals surface area contributed by atoms with E-state index < -0.39 is 0 Å². The number of amides is 2. The molecular weight excluding hydrogens is 440 g/mol. The van der Waals surface area contributed by atoms with E-state index in [0.29, 0.717) is 29.6 Å². The Morgan fingerprint density at radius 3 is 2.67 bits per heavy atom. The number of carbonyl (C=O) groups is 2. The average Bonchev–Trinajstić information content (AvgIpc) is 2.83. The minimum atomic E-state index is -0.210. The van der Waals surface area contributed by atoms with Gasteiger partial charge in [0.05, 0.1) is 18.7 Å². The highest BCUT2D eigenvalue weighted by atomic mass is 35.5. The van der Waals surface area contributed by atoms with Gasteiger partial charge in [-0.15, -0.1) is 0 Å². The predicted molar refractivity (Wildman–Crippen MR) is 132 cm³/mol. The lowest BCUT2D eigenvalue weighted by Crippen LogP contribution is -2.36. The molecule has 0 spiro atoms. The Balaban J connectivity index is 1.38. The van der Waals surface area contributed by atoms with E-state index in [2.05, 4.69) is 16.3 Å². The van der Waals surface area contributed by atoms with E-state index in [1.807, 2.05) is 25.1 Å². The van der Waals surface area contributed by atoms with Crippen LogP contribution in [0.5, 0.6) is 0 Å². The highest BCUT2D eigenvalue weighted by molar-refractivity contribution is 6.30. The van der Waals surface area contributed by atoms with Crippen LogP contribution in [-0.4, -0.2) is 50.1 Å². The molecule has 0 bridgehead atoms. The molecule has 2 heterocycles. The molecule has 8 heteroatoms. The number of ether oxygens (including phenoxy) is 1. The van der Waals surface area contributed by atoms with Crippen molar-refractivity contribution in [1.29, 1.82) is 0 Å². The summed E-state index contributed by atoms with van der Waals surface area (Å²) in [5.41, 5.74) is 3.36. The second-order valence-electron chi connectivity index (χ2n) is 8.11. The van der Waals surface area contributed by atoms with Crippen molar-refractivity contribution in [3.63, 3.8) is 0 Å². The Labute approximate surface area is 198 Å². The highest BCUT2D eigenvalue weighted by Gasteiger charge is 2.16. The van der Waals surface area contributed by atoms with Crippen LogP contribution in [0.2, 0.25) is 5.02 Å². The first-order valence-electron chi connectivity index (χ1n) is 11.0. The zero-order valence-corrected chi connectivity index (χ0v) is 19.6. The van der Waals surface area contributed by atoms with Gasteiger partial charge in [-0.1, -0.05) is 17.7 Å². The number of carbonyl (C=O) groups excluding carboxylic acids is 2. The quantitative estimate of drug-likeness (QED) is 0.582. The van der Waals surface area contributed by atoms with Gasteiger partial charge in [-0.2, -0.15) is 0 Å². The summed E-state index contributed by atoms with van der Waals surface area (Å²) in [4.78, 5) is 33.5. The number of hydrogen-bond acceptors (Lipinski definition) is 5. The summed E-state index contributed by atoms with van der Waals surface area (Å²) in [5.74, 6) is 0.585. The second kappa shape index (κ2) is 10.2. The zero-order valence-electron chi connectivity index (χ0n) is 18.8. The maximum Gasteiger partial charge on any atom is 0.227 e. The summed E-state index contributed by atoms with van der Waals surface area (Å²) in [7, 11) is 1.68. The Kier molecular flexibility index (Phi) is 7.11. The zero-order chi connectivity index (χ0) is 23.4. The summed E-state index contributed by atoms with van der Waals surface area (Å²) >= 11 is 6.00. The van der Waals surface area contributed by atoms with Crippen LogP contribution in [0.4, 0.5) is 17.2 Å². The third-order valence-electron chi connectivity index (χ3n) is 5.76. The number of hydrogen-bond donors (Lipinski definition) is 1. The molecule has 1 aliphatic rings. The van der Waals surface area contributed by atoms with Gasteiger partial charge >= 0.3 is 0 Å². The average molecular weight is 467 g/mol. The number of aryl methyl sites for hydroxylation is 1. The molecule has 2 aromatic carbocycles. The summed E-state index contributed by atoms with van der Waals surface area (Å²) in [6.07, 6.45) is 0.195. The lowest BCUT2D eigenvalue weighted by Gasteiger charge is -2.28. The van der Waals surface area contributed by atoms with Crippen LogP contribution in [-0.2, 0) is 14.3 Å². The van der Waals surface area contributed by atoms with Crippen LogP contribution in [0.15, 0.2) is 48.5 Å². The molecule has 2 amide bonds. The standard InChI is InChI=1S/C25H27ClN4O3/c1-17-14-23(30-10-12-33-13-11-30)28-22-7-6-19(16-21(17)22)27-24(31)8-9-25(32)29(2)20-5-3-4-18(26)15-20/h3-7,14-16H,8-13H2,1-2H3,(H,27,31). The molecule has 1 aliphatic heterocycles. The molecule has 0 saturated carbocycles. The lowest BCUT2D eigenvalue weighted by atomic mass is 10.1. The number of morpholine rings is 1. The Bertz CT molecular complexity index is 1180. The molecule has 0 radical (unpaired) electrons. The van der Waals surface area contributed by atoms with Gasteiger partial charge in [-0.3, -0.25) is 9.59 Å². The Hall–Kier alpha value is -3.16. The predicted octanol–water partition coefficient (Wildman–Crippen LogP) is 4.41. The van der Waals surface area contributed by atoms with Gasteiger partial charge in [0.15, 0.2) is 0 Å². The van der Waals surface area contributed by atoms with Crippen LogP contribution in [0, 0.1) is 6.92 Å². The number of pyridine rings is 1. The SMILES string of the molecule is Cc1cc(N2CCOCC2)nc2ccc(NC(=O)CCC(=O)N(C)c3cccc(Cl)c3)cc12. The molecule has 4 rings (SSSR count). The molecule has 1 fully saturated rings. The largest absolute Gasteiger partial charge is 0.378 e. The monoisotopic (exact) mass is 466 g/mol. The Morgan fingerprint density at radius 2 is 1.91 bits per heavy atom. The van der Waals surface area contributed by atoms with Crippen LogP contribution >= 0.6 is 11.6 Å². The van der Waals surface area contributed by atoms with Crippen LogP contribution in [0.25, 0.3) is 10.9 Å². The first kappa shape index (κ1) is 23.0. The summed E-state index contributed by atoms with van der Waals surface area (Å²) in [5, 5.41) is 4.44. The van der Waals surface area contributed by atoms with Crippen molar-refractivity contribution < 1.29 is 14.3 Å². The third-order valence-corrected chi connectivity index (χ3v) is 5.99. The fraction of sp³-hybridized carbons (Fsp3) is 0.320. The molecule has 0 aliphatic carbocycles. The number of benzene rings is 2. The van der Waals surface area contributed by atoms with Gasteiger partial charge in [-0.05, 0) is 55.0 Å². The van der Waals surface area contributed by atoms with E-state index >= 15 is 0 Å². The molecule has 33 heavy (non-hydrogen) atoms. The molecule has 1 N–H and O–H groups in total. The molecular formula is C25H27ClN4O3. The number of aromatic nitrogens is 1. The number of anilines is 3. The van der Waals surface area contributed by atoms with E-state index in [1.54, 1.807) is 31.3 Å². The van der Waals surface area contributed by atoms with E-state index in [4.69, 9.17) is 21.3 Å². The maximum absolute atomic E-state index is 12.5. The molecule has 172 valence electrons. The normalized spacial score (nSPS) is 13.7. The summed E-state index contributed by atoms with van der Waals surface area (Å²) < 4.78 is 5.43. The van der Waals surface area contributed by atoms with Crippen molar-refractivity contribution >= 4 is 51.5 Å². The van der Waals surface area contributed by atoms with Crippen molar-refractivity contribution in [1.82, 2.24) is 4.98 Å². The Morgan fingerprint density at radius 1 is 1.12 bits per heavy atom. The van der Waals surface area contributed by atoms with Gasteiger partial charge in [0, 0.05) is 54.8 Å². The van der Waals surface area contributed by atoms with Crippen molar-refractivity contribution in [3.05, 3.63) is 59.1 Å². The molecule has 7 nitrogen and oxygen atoms in total. The van der Waals surface area contributed by atoms with Gasteiger partial charge in [0.25, 0.3) is 0 Å². The van der Waals surface area contributed by atoms with Crippen LogP contribution in [0.1, 0.15) is 18.4 Å². The molecule has 1 saturated heterocycles. The third kappa shape index (κ3) is 5.61. The van der Waals surface area contributed by atoms with Gasteiger partial charge in [0.1, 0.15) is 5.82 Å². The number of nitrogens with one attached hydrogen (secondary N) is 1.